The second-order valence-electron chi connectivity index (χ2n) is 3.47. The number of para-hydroxylation sites is 1. The van der Waals surface area contributed by atoms with Crippen LogP contribution in [-0.2, 0) is 6.54 Å². The van der Waals surface area contributed by atoms with E-state index in [4.69, 9.17) is 0 Å². The lowest BCUT2D eigenvalue weighted by Crippen LogP contribution is -2.23. The molecule has 0 amide bonds. The Hall–Kier alpha value is -2.10. The van der Waals surface area contributed by atoms with Crippen LogP contribution in [0.5, 0.6) is 0 Å². The average molecular weight is 215 g/mol. The summed E-state index contributed by atoms with van der Waals surface area (Å²) in [7, 11) is 0. The predicted molar refractivity (Wildman–Crippen MR) is 62.8 cm³/mol. The van der Waals surface area contributed by atoms with Crippen molar-refractivity contribution in [3.63, 3.8) is 0 Å². The minimum Gasteiger partial charge on any atom is -0.247 e. The maximum Gasteiger partial charge on any atom is 0.350 e. The Bertz CT molecular complexity index is 551. The normalized spacial score (nSPS) is 10.3. The fraction of sp³-hybridized carbons (Fsp3) is 0.167. The molecule has 4 heteroatoms. The van der Waals surface area contributed by atoms with Crippen molar-refractivity contribution in [3.05, 3.63) is 59.3 Å². The molecule has 0 aliphatic heterocycles. The molecule has 1 aromatic heterocycles. The number of rotatable bonds is 3. The Kier molecular flexibility index (Phi) is 2.72. The van der Waals surface area contributed by atoms with Crippen LogP contribution in [-0.4, -0.2) is 14.3 Å². The average Bonchev–Trinajstić information content (AvgIpc) is 2.56. The zero-order valence-corrected chi connectivity index (χ0v) is 9.13. The number of allylic oxidation sites excluding steroid dienone is 1. The SMILES string of the molecule is C=CCn1nc(C)n(-c2ccccc2)c1=O. The van der Waals surface area contributed by atoms with Crippen LogP contribution in [0, 0.1) is 6.92 Å². The molecule has 0 spiro atoms. The van der Waals surface area contributed by atoms with Gasteiger partial charge in [0.15, 0.2) is 0 Å². The number of hydrogen-bond donors (Lipinski definition) is 0. The topological polar surface area (TPSA) is 39.8 Å². The number of aromatic nitrogens is 3. The summed E-state index contributed by atoms with van der Waals surface area (Å²) in [6.45, 7) is 5.84. The molecule has 0 bridgehead atoms. The van der Waals surface area contributed by atoms with Gasteiger partial charge in [0.25, 0.3) is 0 Å². The molecule has 1 aromatic carbocycles. The lowest BCUT2D eigenvalue weighted by molar-refractivity contribution is 0.665. The van der Waals surface area contributed by atoms with Crippen molar-refractivity contribution >= 4 is 0 Å². The standard InChI is InChI=1S/C12H13N3O/c1-3-9-14-12(16)15(10(2)13-14)11-7-5-4-6-8-11/h3-8H,1,9H2,2H3. The quantitative estimate of drug-likeness (QED) is 0.728. The molecular weight excluding hydrogens is 202 g/mol. The molecule has 1 heterocycles. The smallest absolute Gasteiger partial charge is 0.247 e. The Labute approximate surface area is 93.5 Å². The van der Waals surface area contributed by atoms with Crippen LogP contribution in [0.3, 0.4) is 0 Å². The van der Waals surface area contributed by atoms with E-state index in [0.29, 0.717) is 12.4 Å². The molecule has 4 nitrogen and oxygen atoms in total. The van der Waals surface area contributed by atoms with E-state index in [1.54, 1.807) is 10.6 Å². The summed E-state index contributed by atoms with van der Waals surface area (Å²) in [5.74, 6) is 0.679. The van der Waals surface area contributed by atoms with Gasteiger partial charge in [-0.2, -0.15) is 5.10 Å². The van der Waals surface area contributed by atoms with E-state index in [1.807, 2.05) is 37.3 Å². The van der Waals surface area contributed by atoms with Crippen LogP contribution in [0.25, 0.3) is 5.69 Å². The highest BCUT2D eigenvalue weighted by molar-refractivity contribution is 5.31. The first-order valence-corrected chi connectivity index (χ1v) is 5.07. The predicted octanol–water partition coefficient (Wildman–Crippen LogP) is 1.53. The molecular formula is C12H13N3O. The number of aryl methyl sites for hydroxylation is 1. The third kappa shape index (κ3) is 1.69. The summed E-state index contributed by atoms with van der Waals surface area (Å²) in [6.07, 6.45) is 1.66. The highest BCUT2D eigenvalue weighted by atomic mass is 16.2. The molecule has 82 valence electrons. The van der Waals surface area contributed by atoms with Crippen LogP contribution >= 0.6 is 0 Å². The molecule has 0 radical (unpaired) electrons. The van der Waals surface area contributed by atoms with Gasteiger partial charge in [-0.3, -0.25) is 0 Å². The van der Waals surface area contributed by atoms with Crippen molar-refractivity contribution in [2.45, 2.75) is 13.5 Å². The number of nitrogens with zero attached hydrogens (tertiary/aromatic N) is 3. The van der Waals surface area contributed by atoms with Crippen molar-refractivity contribution < 1.29 is 0 Å². The van der Waals surface area contributed by atoms with Crippen molar-refractivity contribution in [1.82, 2.24) is 14.3 Å². The van der Waals surface area contributed by atoms with E-state index in [1.165, 1.54) is 4.68 Å². The third-order valence-electron chi connectivity index (χ3n) is 2.32. The van der Waals surface area contributed by atoms with Crippen molar-refractivity contribution in [3.8, 4) is 5.69 Å². The van der Waals surface area contributed by atoms with Gasteiger partial charge >= 0.3 is 5.69 Å². The highest BCUT2D eigenvalue weighted by Gasteiger charge is 2.09. The van der Waals surface area contributed by atoms with Gasteiger partial charge in [-0.25, -0.2) is 14.0 Å². The molecule has 0 saturated carbocycles. The summed E-state index contributed by atoms with van der Waals surface area (Å²) in [4.78, 5) is 12.0. The summed E-state index contributed by atoms with van der Waals surface area (Å²) in [6, 6.07) is 9.47. The molecule has 2 rings (SSSR count). The fourth-order valence-electron chi connectivity index (χ4n) is 1.63. The second kappa shape index (κ2) is 4.18. The summed E-state index contributed by atoms with van der Waals surface area (Å²) in [5.41, 5.74) is 0.698. The summed E-state index contributed by atoms with van der Waals surface area (Å²) in [5, 5.41) is 4.17. The monoisotopic (exact) mass is 215 g/mol. The van der Waals surface area contributed by atoms with Gasteiger partial charge in [-0.15, -0.1) is 6.58 Å². The van der Waals surface area contributed by atoms with Gasteiger partial charge in [0.2, 0.25) is 0 Å². The van der Waals surface area contributed by atoms with E-state index in [2.05, 4.69) is 11.7 Å². The molecule has 2 aromatic rings. The van der Waals surface area contributed by atoms with Crippen molar-refractivity contribution in [2.75, 3.05) is 0 Å². The van der Waals surface area contributed by atoms with Gasteiger partial charge < -0.3 is 0 Å². The Balaban J connectivity index is 2.58. The molecule has 0 saturated heterocycles. The van der Waals surface area contributed by atoms with Gasteiger partial charge in [0, 0.05) is 0 Å². The molecule has 0 aliphatic carbocycles. The first kappa shape index (κ1) is 10.4. The van der Waals surface area contributed by atoms with Gasteiger partial charge in [0.1, 0.15) is 5.82 Å². The van der Waals surface area contributed by atoms with Gasteiger partial charge in [0.05, 0.1) is 12.2 Å². The first-order chi connectivity index (χ1) is 7.74. The lowest BCUT2D eigenvalue weighted by Gasteiger charge is -2.00. The molecule has 0 atom stereocenters. The Morgan fingerprint density at radius 2 is 2.06 bits per heavy atom. The second-order valence-corrected chi connectivity index (χ2v) is 3.47. The van der Waals surface area contributed by atoms with Crippen LogP contribution in [0.4, 0.5) is 0 Å². The minimum atomic E-state index is -0.136. The number of benzene rings is 1. The third-order valence-corrected chi connectivity index (χ3v) is 2.32. The van der Waals surface area contributed by atoms with E-state index >= 15 is 0 Å². The van der Waals surface area contributed by atoms with Gasteiger partial charge in [-0.1, -0.05) is 24.3 Å². The summed E-state index contributed by atoms with van der Waals surface area (Å²) < 4.78 is 2.98. The molecule has 0 unspecified atom stereocenters. The van der Waals surface area contributed by atoms with Crippen LogP contribution in [0.15, 0.2) is 47.8 Å². The zero-order chi connectivity index (χ0) is 11.5. The zero-order valence-electron chi connectivity index (χ0n) is 9.13. The van der Waals surface area contributed by atoms with Crippen LogP contribution in [0.1, 0.15) is 5.82 Å². The van der Waals surface area contributed by atoms with E-state index < -0.39 is 0 Å². The van der Waals surface area contributed by atoms with E-state index in [0.717, 1.165) is 5.69 Å². The van der Waals surface area contributed by atoms with Crippen molar-refractivity contribution in [1.29, 1.82) is 0 Å². The molecule has 0 N–H and O–H groups in total. The van der Waals surface area contributed by atoms with Crippen LogP contribution < -0.4 is 5.69 Å². The molecule has 0 aliphatic rings. The highest BCUT2D eigenvalue weighted by Crippen LogP contribution is 2.05. The lowest BCUT2D eigenvalue weighted by atomic mass is 10.3. The fourth-order valence-corrected chi connectivity index (χ4v) is 1.63. The van der Waals surface area contributed by atoms with Crippen LogP contribution in [0.2, 0.25) is 0 Å². The number of hydrogen-bond acceptors (Lipinski definition) is 2. The van der Waals surface area contributed by atoms with Gasteiger partial charge in [-0.05, 0) is 19.1 Å². The Morgan fingerprint density at radius 1 is 1.38 bits per heavy atom. The largest absolute Gasteiger partial charge is 0.350 e. The molecule has 0 fully saturated rings. The maximum absolute atomic E-state index is 12.0. The first-order valence-electron chi connectivity index (χ1n) is 5.07. The minimum absolute atomic E-state index is 0.136. The Morgan fingerprint density at radius 3 is 2.69 bits per heavy atom. The maximum atomic E-state index is 12.0. The van der Waals surface area contributed by atoms with E-state index in [-0.39, 0.29) is 5.69 Å². The summed E-state index contributed by atoms with van der Waals surface area (Å²) >= 11 is 0. The van der Waals surface area contributed by atoms with Crippen molar-refractivity contribution in [2.24, 2.45) is 0 Å². The van der Waals surface area contributed by atoms with E-state index in [9.17, 15) is 4.79 Å². The molecule has 16 heavy (non-hydrogen) atoms.